The third-order valence-electron chi connectivity index (χ3n) is 2.87. The van der Waals surface area contributed by atoms with Crippen LogP contribution in [0.4, 0.5) is 0 Å². The van der Waals surface area contributed by atoms with E-state index >= 15 is 0 Å². The van der Waals surface area contributed by atoms with Crippen LogP contribution in [0.15, 0.2) is 24.3 Å². The summed E-state index contributed by atoms with van der Waals surface area (Å²) in [6.07, 6.45) is 0. The van der Waals surface area contributed by atoms with Crippen LogP contribution < -0.4 is 10.6 Å². The molecule has 112 valence electrons. The number of amides is 1. The van der Waals surface area contributed by atoms with Gasteiger partial charge < -0.3 is 10.6 Å². The molecule has 0 saturated carbocycles. The molecule has 0 bridgehead atoms. The second kappa shape index (κ2) is 7.37. The molecule has 0 radical (unpaired) electrons. The largest absolute Gasteiger partial charge is 0.355 e. The fraction of sp³-hybridized carbons (Fsp3) is 0.462. The maximum absolute atomic E-state index is 11.5. The molecular formula is C13H21N3O3S. The Hall–Kier alpha value is -1.44. The first kappa shape index (κ1) is 16.6. The maximum atomic E-state index is 11.5. The minimum Gasteiger partial charge on any atom is -0.355 e. The van der Waals surface area contributed by atoms with Gasteiger partial charge in [0.1, 0.15) is 0 Å². The van der Waals surface area contributed by atoms with Gasteiger partial charge >= 0.3 is 0 Å². The van der Waals surface area contributed by atoms with Crippen LogP contribution >= 0.6 is 0 Å². The quantitative estimate of drug-likeness (QED) is 0.696. The van der Waals surface area contributed by atoms with E-state index < -0.39 is 10.0 Å². The third-order valence-corrected chi connectivity index (χ3v) is 4.70. The van der Waals surface area contributed by atoms with E-state index in [-0.39, 0.29) is 11.7 Å². The van der Waals surface area contributed by atoms with Gasteiger partial charge in [0.05, 0.1) is 5.75 Å². The fourth-order valence-corrected chi connectivity index (χ4v) is 2.30. The molecule has 0 heterocycles. The molecule has 0 aliphatic rings. The molecule has 0 aliphatic carbocycles. The zero-order valence-electron chi connectivity index (χ0n) is 12.0. The Morgan fingerprint density at radius 2 is 1.80 bits per heavy atom. The third kappa shape index (κ3) is 4.92. The van der Waals surface area contributed by atoms with Crippen LogP contribution in [0.25, 0.3) is 0 Å². The van der Waals surface area contributed by atoms with Crippen molar-refractivity contribution in [3.8, 4) is 0 Å². The molecule has 1 aromatic rings. The van der Waals surface area contributed by atoms with E-state index in [0.29, 0.717) is 18.7 Å². The highest BCUT2D eigenvalue weighted by atomic mass is 32.2. The highest BCUT2D eigenvalue weighted by Gasteiger charge is 2.12. The van der Waals surface area contributed by atoms with E-state index in [0.717, 1.165) is 5.56 Å². The predicted octanol–water partition coefficient (Wildman–Crippen LogP) is 0.0272. The average molecular weight is 299 g/mol. The van der Waals surface area contributed by atoms with E-state index in [1.165, 1.54) is 18.4 Å². The van der Waals surface area contributed by atoms with Gasteiger partial charge in [0.25, 0.3) is 5.91 Å². The number of benzene rings is 1. The van der Waals surface area contributed by atoms with Gasteiger partial charge in [0.15, 0.2) is 0 Å². The lowest BCUT2D eigenvalue weighted by molar-refractivity contribution is 0.0963. The second-order valence-corrected chi connectivity index (χ2v) is 6.85. The minimum atomic E-state index is -3.16. The lowest BCUT2D eigenvalue weighted by Gasteiger charge is -2.11. The zero-order chi connectivity index (χ0) is 15.2. The predicted molar refractivity (Wildman–Crippen MR) is 79.0 cm³/mol. The molecule has 6 nitrogen and oxygen atoms in total. The monoisotopic (exact) mass is 299 g/mol. The lowest BCUT2D eigenvalue weighted by atomic mass is 10.1. The van der Waals surface area contributed by atoms with Crippen molar-refractivity contribution >= 4 is 15.9 Å². The van der Waals surface area contributed by atoms with Crippen molar-refractivity contribution in [1.82, 2.24) is 14.9 Å². The molecule has 1 rings (SSSR count). The van der Waals surface area contributed by atoms with Crippen molar-refractivity contribution in [2.75, 3.05) is 33.4 Å². The number of hydrogen-bond acceptors (Lipinski definition) is 4. The number of nitrogens with zero attached hydrogens (tertiary/aromatic N) is 1. The first-order chi connectivity index (χ1) is 9.36. The first-order valence-corrected chi connectivity index (χ1v) is 7.89. The molecule has 0 atom stereocenters. The van der Waals surface area contributed by atoms with Crippen molar-refractivity contribution in [2.24, 2.45) is 0 Å². The first-order valence-electron chi connectivity index (χ1n) is 6.29. The van der Waals surface area contributed by atoms with Crippen LogP contribution in [0.3, 0.4) is 0 Å². The average Bonchev–Trinajstić information content (AvgIpc) is 2.43. The molecule has 0 spiro atoms. The van der Waals surface area contributed by atoms with Gasteiger partial charge in [-0.15, -0.1) is 0 Å². The molecule has 2 N–H and O–H groups in total. The number of carbonyl (C=O) groups is 1. The van der Waals surface area contributed by atoms with Crippen molar-refractivity contribution in [1.29, 1.82) is 0 Å². The molecule has 1 amide bonds. The summed E-state index contributed by atoms with van der Waals surface area (Å²) in [6, 6.07) is 7.18. The van der Waals surface area contributed by atoms with Gasteiger partial charge in [-0.05, 0) is 17.7 Å². The standard InChI is InChI=1S/C13H21N3O3S/c1-14-13(17)12-6-4-11(5-7-12)10-15-8-9-20(18,19)16(2)3/h4-7,15H,8-10H2,1-3H3,(H,14,17). The smallest absolute Gasteiger partial charge is 0.251 e. The molecule has 0 fully saturated rings. The number of hydrogen-bond donors (Lipinski definition) is 2. The van der Waals surface area contributed by atoms with Crippen LogP contribution in [0.1, 0.15) is 15.9 Å². The molecule has 0 aromatic heterocycles. The van der Waals surface area contributed by atoms with Crippen LogP contribution in [0.5, 0.6) is 0 Å². The van der Waals surface area contributed by atoms with E-state index in [9.17, 15) is 13.2 Å². The molecule has 0 aliphatic heterocycles. The Morgan fingerprint density at radius 3 is 2.30 bits per heavy atom. The summed E-state index contributed by atoms with van der Waals surface area (Å²) in [5.41, 5.74) is 1.60. The number of carbonyl (C=O) groups excluding carboxylic acids is 1. The van der Waals surface area contributed by atoms with Crippen molar-refractivity contribution < 1.29 is 13.2 Å². The van der Waals surface area contributed by atoms with Gasteiger partial charge in [-0.1, -0.05) is 12.1 Å². The Balaban J connectivity index is 2.42. The van der Waals surface area contributed by atoms with E-state index in [1.54, 1.807) is 19.2 Å². The van der Waals surface area contributed by atoms with E-state index in [1.807, 2.05) is 12.1 Å². The van der Waals surface area contributed by atoms with Crippen LogP contribution in [0.2, 0.25) is 0 Å². The molecule has 20 heavy (non-hydrogen) atoms. The van der Waals surface area contributed by atoms with Crippen LogP contribution in [-0.4, -0.2) is 52.1 Å². The fourth-order valence-electron chi connectivity index (χ4n) is 1.53. The molecule has 7 heteroatoms. The maximum Gasteiger partial charge on any atom is 0.251 e. The zero-order valence-corrected chi connectivity index (χ0v) is 12.8. The summed E-state index contributed by atoms with van der Waals surface area (Å²) in [7, 11) is 1.47. The Kier molecular flexibility index (Phi) is 6.12. The van der Waals surface area contributed by atoms with Gasteiger partial charge in [-0.2, -0.15) is 0 Å². The van der Waals surface area contributed by atoms with E-state index in [2.05, 4.69) is 10.6 Å². The Morgan fingerprint density at radius 1 is 1.20 bits per heavy atom. The highest BCUT2D eigenvalue weighted by molar-refractivity contribution is 7.89. The summed E-state index contributed by atoms with van der Waals surface area (Å²) in [5.74, 6) is -0.0577. The summed E-state index contributed by atoms with van der Waals surface area (Å²) < 4.78 is 24.3. The number of nitrogens with one attached hydrogen (secondary N) is 2. The summed E-state index contributed by atoms with van der Waals surface area (Å²) >= 11 is 0. The topological polar surface area (TPSA) is 78.5 Å². The number of sulfonamides is 1. The van der Waals surface area contributed by atoms with Crippen molar-refractivity contribution in [3.05, 3.63) is 35.4 Å². The molecular weight excluding hydrogens is 278 g/mol. The normalized spacial score (nSPS) is 11.6. The number of rotatable bonds is 7. The van der Waals surface area contributed by atoms with Gasteiger partial charge in [-0.25, -0.2) is 12.7 Å². The molecule has 0 unspecified atom stereocenters. The molecule has 1 aromatic carbocycles. The van der Waals surface area contributed by atoms with Crippen LogP contribution in [0, 0.1) is 0 Å². The summed E-state index contributed by atoms with van der Waals surface area (Å²) in [5, 5.41) is 5.62. The Labute approximate surface area is 120 Å². The van der Waals surface area contributed by atoms with Crippen molar-refractivity contribution in [3.63, 3.8) is 0 Å². The summed E-state index contributed by atoms with van der Waals surface area (Å²) in [6.45, 7) is 0.953. The second-order valence-electron chi connectivity index (χ2n) is 4.55. The van der Waals surface area contributed by atoms with Crippen molar-refractivity contribution in [2.45, 2.75) is 6.54 Å². The van der Waals surface area contributed by atoms with Gasteiger partial charge in [0.2, 0.25) is 10.0 Å². The SMILES string of the molecule is CNC(=O)c1ccc(CNCCS(=O)(=O)N(C)C)cc1. The molecule has 0 saturated heterocycles. The van der Waals surface area contributed by atoms with E-state index in [4.69, 9.17) is 0 Å². The van der Waals surface area contributed by atoms with Gasteiger partial charge in [0, 0.05) is 39.8 Å². The lowest BCUT2D eigenvalue weighted by Crippen LogP contribution is -2.31. The minimum absolute atomic E-state index is 0.0658. The van der Waals surface area contributed by atoms with Gasteiger partial charge in [-0.3, -0.25) is 4.79 Å². The Bertz CT molecular complexity index is 538. The van der Waals surface area contributed by atoms with Crippen LogP contribution in [-0.2, 0) is 16.6 Å². The summed E-state index contributed by atoms with van der Waals surface area (Å²) in [4.78, 5) is 11.4. The highest BCUT2D eigenvalue weighted by Crippen LogP contribution is 2.04.